The molecule has 3 rings (SSSR count). The predicted octanol–water partition coefficient (Wildman–Crippen LogP) is 2.24. The highest BCUT2D eigenvalue weighted by atomic mass is 32.1. The number of urea groups is 1. The fourth-order valence-corrected chi connectivity index (χ4v) is 4.01. The molecule has 2 heterocycles. The first-order valence-corrected chi connectivity index (χ1v) is 7.87. The number of fused-ring (bicyclic) bond motifs is 1. The Kier molecular flexibility index (Phi) is 3.65. The van der Waals surface area contributed by atoms with Crippen molar-refractivity contribution in [3.05, 3.63) is 21.9 Å². The number of aryl methyl sites for hydroxylation is 1. The van der Waals surface area contributed by atoms with E-state index in [2.05, 4.69) is 16.8 Å². The smallest absolute Gasteiger partial charge is 0.317 e. The molecule has 0 radical (unpaired) electrons. The lowest BCUT2D eigenvalue weighted by Gasteiger charge is -2.26. The molecule has 0 aromatic carbocycles. The summed E-state index contributed by atoms with van der Waals surface area (Å²) in [5.41, 5.74) is 1.24. The van der Waals surface area contributed by atoms with Crippen molar-refractivity contribution in [1.82, 2.24) is 10.2 Å². The summed E-state index contributed by atoms with van der Waals surface area (Å²) in [7, 11) is 0. The fourth-order valence-electron chi connectivity index (χ4n) is 3.02. The summed E-state index contributed by atoms with van der Waals surface area (Å²) in [6.45, 7) is 0.858. The van der Waals surface area contributed by atoms with Gasteiger partial charge in [-0.05, 0) is 42.7 Å². The Labute approximate surface area is 121 Å². The largest absolute Gasteiger partial charge is 0.481 e. The number of likely N-dealkylation sites (tertiary alicyclic amines) is 1. The van der Waals surface area contributed by atoms with Gasteiger partial charge in [-0.1, -0.05) is 0 Å². The predicted molar refractivity (Wildman–Crippen MR) is 75.8 cm³/mol. The normalized spacial score (nSPS) is 25.3. The summed E-state index contributed by atoms with van der Waals surface area (Å²) >= 11 is 1.75. The van der Waals surface area contributed by atoms with Crippen molar-refractivity contribution in [3.8, 4) is 0 Å². The van der Waals surface area contributed by atoms with Gasteiger partial charge in [0.2, 0.25) is 0 Å². The zero-order valence-electron chi connectivity index (χ0n) is 11.2. The van der Waals surface area contributed by atoms with E-state index in [1.165, 1.54) is 10.4 Å². The number of carbonyl (C=O) groups is 2. The summed E-state index contributed by atoms with van der Waals surface area (Å²) in [5.74, 6) is -1.22. The average molecular weight is 294 g/mol. The van der Waals surface area contributed by atoms with Crippen molar-refractivity contribution in [2.24, 2.45) is 5.92 Å². The molecule has 1 aromatic heterocycles. The number of amides is 2. The number of nitrogens with zero attached hydrogens (tertiary/aromatic N) is 1. The number of carboxylic acids is 1. The second-order valence-corrected chi connectivity index (χ2v) is 6.46. The van der Waals surface area contributed by atoms with E-state index >= 15 is 0 Å². The molecule has 2 atom stereocenters. The first-order valence-electron chi connectivity index (χ1n) is 6.99. The maximum atomic E-state index is 12.2. The van der Waals surface area contributed by atoms with Crippen molar-refractivity contribution in [1.29, 1.82) is 0 Å². The van der Waals surface area contributed by atoms with Gasteiger partial charge in [0, 0.05) is 18.0 Å². The number of rotatable bonds is 2. The molecule has 0 spiro atoms. The van der Waals surface area contributed by atoms with E-state index in [-0.39, 0.29) is 12.1 Å². The summed E-state index contributed by atoms with van der Waals surface area (Å²) in [5, 5.41) is 14.1. The Morgan fingerprint density at radius 2 is 2.25 bits per heavy atom. The molecule has 1 saturated heterocycles. The third-order valence-electron chi connectivity index (χ3n) is 4.17. The van der Waals surface area contributed by atoms with Gasteiger partial charge >= 0.3 is 12.0 Å². The Hall–Kier alpha value is -1.56. The Morgan fingerprint density at radius 1 is 1.40 bits per heavy atom. The second kappa shape index (κ2) is 5.44. The molecule has 2 N–H and O–H groups in total. The van der Waals surface area contributed by atoms with Gasteiger partial charge in [0.1, 0.15) is 0 Å². The van der Waals surface area contributed by atoms with Gasteiger partial charge in [0.15, 0.2) is 0 Å². The number of aliphatic carboxylic acids is 1. The minimum absolute atomic E-state index is 0.0846. The van der Waals surface area contributed by atoms with Crippen LogP contribution in [-0.2, 0) is 11.2 Å². The van der Waals surface area contributed by atoms with E-state index in [0.29, 0.717) is 19.5 Å². The SMILES string of the molecule is O=C(O)C1CCN(C(=O)NC2CCCc3sccc32)C1. The topological polar surface area (TPSA) is 69.6 Å². The zero-order valence-corrected chi connectivity index (χ0v) is 12.0. The van der Waals surface area contributed by atoms with Crippen LogP contribution in [0.3, 0.4) is 0 Å². The summed E-state index contributed by atoms with van der Waals surface area (Å²) in [4.78, 5) is 26.2. The highest BCUT2D eigenvalue weighted by Crippen LogP contribution is 2.33. The van der Waals surface area contributed by atoms with Crippen LogP contribution in [0.15, 0.2) is 11.4 Å². The molecule has 2 unspecified atom stereocenters. The maximum absolute atomic E-state index is 12.2. The van der Waals surface area contributed by atoms with Crippen molar-refractivity contribution in [3.63, 3.8) is 0 Å². The monoisotopic (exact) mass is 294 g/mol. The first kappa shape index (κ1) is 13.4. The van der Waals surface area contributed by atoms with Crippen LogP contribution in [0.1, 0.15) is 35.7 Å². The van der Waals surface area contributed by atoms with Crippen LogP contribution in [0.5, 0.6) is 0 Å². The van der Waals surface area contributed by atoms with Gasteiger partial charge < -0.3 is 15.3 Å². The zero-order chi connectivity index (χ0) is 14.1. The molecule has 108 valence electrons. The van der Waals surface area contributed by atoms with Crippen LogP contribution in [0.2, 0.25) is 0 Å². The molecule has 6 heteroatoms. The first-order chi connectivity index (χ1) is 9.65. The number of hydrogen-bond acceptors (Lipinski definition) is 3. The molecule has 1 aromatic rings. The van der Waals surface area contributed by atoms with Crippen molar-refractivity contribution in [2.75, 3.05) is 13.1 Å². The molecule has 2 amide bonds. The molecule has 1 fully saturated rings. The number of hydrogen-bond donors (Lipinski definition) is 2. The summed E-state index contributed by atoms with van der Waals surface area (Å²) in [6, 6.07) is 2.05. The van der Waals surface area contributed by atoms with Gasteiger partial charge in [0.05, 0.1) is 12.0 Å². The molecule has 20 heavy (non-hydrogen) atoms. The van der Waals surface area contributed by atoms with Crippen molar-refractivity contribution < 1.29 is 14.7 Å². The van der Waals surface area contributed by atoms with E-state index < -0.39 is 11.9 Å². The number of nitrogens with one attached hydrogen (secondary N) is 1. The van der Waals surface area contributed by atoms with Gasteiger partial charge in [-0.15, -0.1) is 11.3 Å². The van der Waals surface area contributed by atoms with Crippen molar-refractivity contribution >= 4 is 23.3 Å². The minimum Gasteiger partial charge on any atom is -0.481 e. The van der Waals surface area contributed by atoms with E-state index in [1.807, 2.05) is 0 Å². The second-order valence-electron chi connectivity index (χ2n) is 5.46. The lowest BCUT2D eigenvalue weighted by atomic mass is 9.94. The standard InChI is InChI=1S/C14H18N2O3S/c17-13(18)9-4-6-16(8-9)14(19)15-11-2-1-3-12-10(11)5-7-20-12/h5,7,9,11H,1-4,6,8H2,(H,15,19)(H,17,18). The highest BCUT2D eigenvalue weighted by Gasteiger charge is 2.32. The lowest BCUT2D eigenvalue weighted by Crippen LogP contribution is -2.41. The Balaban J connectivity index is 1.62. The van der Waals surface area contributed by atoms with E-state index in [4.69, 9.17) is 5.11 Å². The molecular weight excluding hydrogens is 276 g/mol. The lowest BCUT2D eigenvalue weighted by molar-refractivity contribution is -0.141. The molecule has 1 aliphatic carbocycles. The van der Waals surface area contributed by atoms with Gasteiger partial charge in [-0.2, -0.15) is 0 Å². The molecular formula is C14H18N2O3S. The molecule has 1 aliphatic heterocycles. The van der Waals surface area contributed by atoms with Crippen LogP contribution in [0.4, 0.5) is 4.79 Å². The van der Waals surface area contributed by atoms with Crippen molar-refractivity contribution in [2.45, 2.75) is 31.7 Å². The number of carbonyl (C=O) groups excluding carboxylic acids is 1. The minimum atomic E-state index is -0.807. The quantitative estimate of drug-likeness (QED) is 0.879. The maximum Gasteiger partial charge on any atom is 0.317 e. The van der Waals surface area contributed by atoms with Gasteiger partial charge in [0.25, 0.3) is 0 Å². The number of thiophene rings is 1. The van der Waals surface area contributed by atoms with Crippen LogP contribution in [-0.4, -0.2) is 35.1 Å². The van der Waals surface area contributed by atoms with E-state index in [0.717, 1.165) is 19.3 Å². The van der Waals surface area contributed by atoms with Crippen LogP contribution in [0, 0.1) is 5.92 Å². The number of carboxylic acid groups (broad SMARTS) is 1. The third-order valence-corrected chi connectivity index (χ3v) is 5.17. The summed E-state index contributed by atoms with van der Waals surface area (Å²) < 4.78 is 0. The third kappa shape index (κ3) is 2.52. The fraction of sp³-hybridized carbons (Fsp3) is 0.571. The Bertz CT molecular complexity index is 528. The van der Waals surface area contributed by atoms with E-state index in [9.17, 15) is 9.59 Å². The van der Waals surface area contributed by atoms with Gasteiger partial charge in [-0.25, -0.2) is 4.79 Å². The molecule has 2 aliphatic rings. The van der Waals surface area contributed by atoms with Gasteiger partial charge in [-0.3, -0.25) is 4.79 Å². The van der Waals surface area contributed by atoms with Crippen LogP contribution < -0.4 is 5.32 Å². The average Bonchev–Trinajstić information content (AvgIpc) is 3.08. The van der Waals surface area contributed by atoms with E-state index in [1.54, 1.807) is 16.2 Å². The van der Waals surface area contributed by atoms with Crippen LogP contribution in [0.25, 0.3) is 0 Å². The summed E-state index contributed by atoms with van der Waals surface area (Å²) in [6.07, 6.45) is 3.71. The molecule has 0 saturated carbocycles. The molecule has 0 bridgehead atoms. The highest BCUT2D eigenvalue weighted by molar-refractivity contribution is 7.10. The van der Waals surface area contributed by atoms with Crippen LogP contribution >= 0.6 is 11.3 Å². The molecule has 5 nitrogen and oxygen atoms in total. The Morgan fingerprint density at radius 3 is 3.00 bits per heavy atom.